The molecule has 0 aliphatic heterocycles. The van der Waals surface area contributed by atoms with Gasteiger partial charge in [0.05, 0.1) is 5.56 Å². The van der Waals surface area contributed by atoms with Crippen molar-refractivity contribution < 1.29 is 33.0 Å². The second kappa shape index (κ2) is 5.91. The SMILES string of the molecule is C[C@H](NC(=O)[C@@H](O)c1ccc(C(F)(F)F)cc1)C(=O)O. The van der Waals surface area contributed by atoms with Crippen molar-refractivity contribution in [2.75, 3.05) is 0 Å². The minimum absolute atomic E-state index is 0.0620. The third kappa shape index (κ3) is 3.95. The maximum atomic E-state index is 12.3. The summed E-state index contributed by atoms with van der Waals surface area (Å²) in [7, 11) is 0. The first-order chi connectivity index (χ1) is 9.12. The summed E-state index contributed by atoms with van der Waals surface area (Å²) in [5.74, 6) is -2.29. The van der Waals surface area contributed by atoms with Gasteiger partial charge in [0.1, 0.15) is 6.04 Å². The average molecular weight is 291 g/mol. The third-order valence-corrected chi connectivity index (χ3v) is 2.53. The van der Waals surface area contributed by atoms with Gasteiger partial charge in [-0.25, -0.2) is 0 Å². The molecule has 1 aromatic rings. The van der Waals surface area contributed by atoms with Crippen molar-refractivity contribution in [3.63, 3.8) is 0 Å². The second-order valence-corrected chi connectivity index (χ2v) is 4.09. The number of rotatable bonds is 4. The predicted molar refractivity (Wildman–Crippen MR) is 61.6 cm³/mol. The predicted octanol–water partition coefficient (Wildman–Crippen LogP) is 1.33. The van der Waals surface area contributed by atoms with Gasteiger partial charge in [0.25, 0.3) is 5.91 Å². The first kappa shape index (κ1) is 16.0. The van der Waals surface area contributed by atoms with Crippen LogP contribution in [0.3, 0.4) is 0 Å². The standard InChI is InChI=1S/C12H12F3NO4/c1-6(11(19)20)16-10(18)9(17)7-2-4-8(5-3-7)12(13,14)15/h2-6,9,17H,1H3,(H,16,18)(H,19,20)/t6-,9-/m0/s1. The van der Waals surface area contributed by atoms with Crippen LogP contribution in [0.5, 0.6) is 0 Å². The number of aliphatic carboxylic acids is 1. The van der Waals surface area contributed by atoms with Gasteiger partial charge in [-0.15, -0.1) is 0 Å². The van der Waals surface area contributed by atoms with Crippen LogP contribution < -0.4 is 5.32 Å². The highest BCUT2D eigenvalue weighted by molar-refractivity contribution is 5.86. The number of alkyl halides is 3. The third-order valence-electron chi connectivity index (χ3n) is 2.53. The van der Waals surface area contributed by atoms with Gasteiger partial charge in [-0.2, -0.15) is 13.2 Å². The Bertz CT molecular complexity index is 498. The topological polar surface area (TPSA) is 86.6 Å². The lowest BCUT2D eigenvalue weighted by Crippen LogP contribution is -2.41. The summed E-state index contributed by atoms with van der Waals surface area (Å²) in [4.78, 5) is 22.0. The summed E-state index contributed by atoms with van der Waals surface area (Å²) >= 11 is 0. The van der Waals surface area contributed by atoms with Crippen LogP contribution in [0.25, 0.3) is 0 Å². The number of aliphatic hydroxyl groups is 1. The Labute approximate surface area is 112 Å². The number of hydrogen-bond acceptors (Lipinski definition) is 3. The second-order valence-electron chi connectivity index (χ2n) is 4.09. The van der Waals surface area contributed by atoms with Crippen molar-refractivity contribution >= 4 is 11.9 Å². The first-order valence-electron chi connectivity index (χ1n) is 5.51. The van der Waals surface area contributed by atoms with Crippen molar-refractivity contribution in [1.82, 2.24) is 5.32 Å². The van der Waals surface area contributed by atoms with E-state index in [-0.39, 0.29) is 5.56 Å². The van der Waals surface area contributed by atoms with Gasteiger partial charge in [0, 0.05) is 0 Å². The molecule has 0 unspecified atom stereocenters. The van der Waals surface area contributed by atoms with E-state index in [0.717, 1.165) is 24.3 Å². The Morgan fingerprint density at radius 2 is 1.70 bits per heavy atom. The van der Waals surface area contributed by atoms with Gasteiger partial charge in [0.15, 0.2) is 6.10 Å². The summed E-state index contributed by atoms with van der Waals surface area (Å²) < 4.78 is 37.0. The van der Waals surface area contributed by atoms with Gasteiger partial charge < -0.3 is 15.5 Å². The molecule has 0 spiro atoms. The maximum Gasteiger partial charge on any atom is 0.416 e. The van der Waals surface area contributed by atoms with E-state index in [2.05, 4.69) is 0 Å². The highest BCUT2D eigenvalue weighted by Crippen LogP contribution is 2.29. The number of carboxylic acids is 1. The summed E-state index contributed by atoms with van der Waals surface area (Å²) in [6, 6.07) is 2.15. The molecule has 2 atom stereocenters. The van der Waals surface area contributed by atoms with Gasteiger partial charge in [0.2, 0.25) is 0 Å². The molecule has 8 heteroatoms. The number of carboxylic acid groups (broad SMARTS) is 1. The molecule has 110 valence electrons. The molecule has 0 bridgehead atoms. The zero-order valence-corrected chi connectivity index (χ0v) is 10.3. The molecule has 3 N–H and O–H groups in total. The maximum absolute atomic E-state index is 12.3. The molecule has 0 aliphatic rings. The van der Waals surface area contributed by atoms with Crippen LogP contribution in [0.15, 0.2) is 24.3 Å². The summed E-state index contributed by atoms with van der Waals surface area (Å²) in [5.41, 5.74) is -0.971. The van der Waals surface area contributed by atoms with E-state index in [0.29, 0.717) is 0 Å². The van der Waals surface area contributed by atoms with E-state index < -0.39 is 35.8 Å². The Kier molecular flexibility index (Phi) is 4.72. The average Bonchev–Trinajstić information content (AvgIpc) is 2.36. The molecule has 0 saturated heterocycles. The monoisotopic (exact) mass is 291 g/mol. The van der Waals surface area contributed by atoms with Crippen molar-refractivity contribution in [1.29, 1.82) is 0 Å². The van der Waals surface area contributed by atoms with Crippen LogP contribution in [-0.4, -0.2) is 28.1 Å². The molecule has 1 rings (SSSR count). The van der Waals surface area contributed by atoms with E-state index in [4.69, 9.17) is 5.11 Å². The summed E-state index contributed by atoms with van der Waals surface area (Å²) in [5, 5.41) is 20.2. The lowest BCUT2D eigenvalue weighted by Gasteiger charge is -2.15. The van der Waals surface area contributed by atoms with Gasteiger partial charge in [-0.3, -0.25) is 9.59 Å². The van der Waals surface area contributed by atoms with E-state index in [1.807, 2.05) is 5.32 Å². The number of aliphatic hydroxyl groups excluding tert-OH is 1. The van der Waals surface area contributed by atoms with Crippen molar-refractivity contribution in [2.24, 2.45) is 0 Å². The van der Waals surface area contributed by atoms with Crippen LogP contribution in [-0.2, 0) is 15.8 Å². The molecular formula is C12H12F3NO4. The quantitative estimate of drug-likeness (QED) is 0.781. The van der Waals surface area contributed by atoms with Crippen LogP contribution >= 0.6 is 0 Å². The first-order valence-corrected chi connectivity index (χ1v) is 5.51. The lowest BCUT2D eigenvalue weighted by atomic mass is 10.1. The lowest BCUT2D eigenvalue weighted by molar-refractivity contribution is -0.143. The van der Waals surface area contributed by atoms with Crippen LogP contribution in [0.2, 0.25) is 0 Å². The highest BCUT2D eigenvalue weighted by atomic mass is 19.4. The Morgan fingerprint density at radius 3 is 2.10 bits per heavy atom. The van der Waals surface area contributed by atoms with E-state index >= 15 is 0 Å². The number of carbonyl (C=O) groups excluding carboxylic acids is 1. The van der Waals surface area contributed by atoms with Gasteiger partial charge in [-0.1, -0.05) is 12.1 Å². The number of hydrogen-bond donors (Lipinski definition) is 3. The molecule has 0 radical (unpaired) electrons. The van der Waals surface area contributed by atoms with Crippen LogP contribution in [0.1, 0.15) is 24.2 Å². The molecule has 0 heterocycles. The minimum atomic E-state index is -4.51. The molecule has 0 saturated carbocycles. The smallest absolute Gasteiger partial charge is 0.416 e. The zero-order valence-electron chi connectivity index (χ0n) is 10.3. The summed E-state index contributed by atoms with van der Waals surface area (Å²) in [6.45, 7) is 1.19. The molecule has 0 aromatic heterocycles. The van der Waals surface area contributed by atoms with E-state index in [1.54, 1.807) is 0 Å². The highest BCUT2D eigenvalue weighted by Gasteiger charge is 2.30. The van der Waals surface area contributed by atoms with Crippen molar-refractivity contribution in [3.8, 4) is 0 Å². The number of carbonyl (C=O) groups is 2. The fourth-order valence-electron chi connectivity index (χ4n) is 1.36. The molecule has 20 heavy (non-hydrogen) atoms. The number of halogens is 3. The van der Waals surface area contributed by atoms with Crippen LogP contribution in [0, 0.1) is 0 Å². The van der Waals surface area contributed by atoms with Crippen LogP contribution in [0.4, 0.5) is 13.2 Å². The largest absolute Gasteiger partial charge is 0.480 e. The fourth-order valence-corrected chi connectivity index (χ4v) is 1.36. The van der Waals surface area contributed by atoms with E-state index in [9.17, 15) is 27.9 Å². The van der Waals surface area contributed by atoms with Crippen molar-refractivity contribution in [2.45, 2.75) is 25.2 Å². The Morgan fingerprint density at radius 1 is 1.20 bits per heavy atom. The molecular weight excluding hydrogens is 279 g/mol. The van der Waals surface area contributed by atoms with Gasteiger partial charge >= 0.3 is 12.1 Å². The number of nitrogens with one attached hydrogen (secondary N) is 1. The molecule has 1 amide bonds. The Hall–Kier alpha value is -2.09. The Balaban J connectivity index is 2.80. The molecule has 5 nitrogen and oxygen atoms in total. The normalized spacial score (nSPS) is 14.4. The minimum Gasteiger partial charge on any atom is -0.480 e. The summed E-state index contributed by atoms with van der Waals surface area (Å²) in [6.07, 6.45) is -6.25. The molecule has 0 aliphatic carbocycles. The number of amides is 1. The van der Waals surface area contributed by atoms with Crippen molar-refractivity contribution in [3.05, 3.63) is 35.4 Å². The molecule has 1 aromatic carbocycles. The van der Waals surface area contributed by atoms with E-state index in [1.165, 1.54) is 6.92 Å². The zero-order chi connectivity index (χ0) is 15.5. The van der Waals surface area contributed by atoms with Gasteiger partial charge in [-0.05, 0) is 24.6 Å². The molecule has 0 fully saturated rings. The fraction of sp³-hybridized carbons (Fsp3) is 0.333. The number of benzene rings is 1.